The number of hydrogen-bond donors (Lipinski definition) is 1. The summed E-state index contributed by atoms with van der Waals surface area (Å²) in [5.74, 6) is 1.22. The van der Waals surface area contributed by atoms with Crippen LogP contribution >= 0.6 is 0 Å². The molecular formula is C22H27F3N4O2. The number of alkyl halides is 3. The summed E-state index contributed by atoms with van der Waals surface area (Å²) in [5.41, 5.74) is 0.360. The number of amides is 1. The van der Waals surface area contributed by atoms with E-state index in [2.05, 4.69) is 10.3 Å². The molecule has 168 valence electrons. The molecule has 0 bridgehead atoms. The van der Waals surface area contributed by atoms with Gasteiger partial charge in [-0.25, -0.2) is 4.98 Å². The molecule has 1 aromatic heterocycles. The van der Waals surface area contributed by atoms with Crippen LogP contribution in [0.2, 0.25) is 0 Å². The van der Waals surface area contributed by atoms with Gasteiger partial charge in [0.15, 0.2) is 0 Å². The van der Waals surface area contributed by atoms with Crippen LogP contribution in [0.5, 0.6) is 5.75 Å². The third-order valence-electron chi connectivity index (χ3n) is 5.04. The van der Waals surface area contributed by atoms with Crippen molar-refractivity contribution < 1.29 is 22.7 Å². The van der Waals surface area contributed by atoms with Crippen molar-refractivity contribution in [3.05, 3.63) is 53.7 Å². The molecule has 1 aromatic carbocycles. The number of benzene rings is 1. The highest BCUT2D eigenvalue weighted by Gasteiger charge is 2.31. The molecule has 1 amide bonds. The first kappa shape index (κ1) is 22.9. The highest BCUT2D eigenvalue weighted by Crippen LogP contribution is 2.29. The van der Waals surface area contributed by atoms with Gasteiger partial charge in [-0.15, -0.1) is 0 Å². The number of halogens is 3. The zero-order valence-corrected chi connectivity index (χ0v) is 17.5. The second-order valence-corrected chi connectivity index (χ2v) is 7.53. The summed E-state index contributed by atoms with van der Waals surface area (Å²) < 4.78 is 43.7. The molecule has 0 unspecified atom stereocenters. The maximum atomic E-state index is 12.7. The Hall–Kier alpha value is -2.81. The van der Waals surface area contributed by atoms with E-state index in [0.717, 1.165) is 36.5 Å². The predicted octanol–water partition coefficient (Wildman–Crippen LogP) is 3.12. The van der Waals surface area contributed by atoms with Crippen LogP contribution in [-0.2, 0) is 11.0 Å². The molecule has 2 aromatic rings. The van der Waals surface area contributed by atoms with E-state index in [0.29, 0.717) is 38.6 Å². The predicted molar refractivity (Wildman–Crippen MR) is 112 cm³/mol. The number of aromatic nitrogens is 1. The lowest BCUT2D eigenvalue weighted by Crippen LogP contribution is -2.40. The Morgan fingerprint density at radius 2 is 2.00 bits per heavy atom. The average molecular weight is 436 g/mol. The van der Waals surface area contributed by atoms with Crippen LogP contribution in [0.1, 0.15) is 17.5 Å². The van der Waals surface area contributed by atoms with Crippen LogP contribution < -0.4 is 15.0 Å². The van der Waals surface area contributed by atoms with E-state index in [1.54, 1.807) is 0 Å². The van der Waals surface area contributed by atoms with Crippen molar-refractivity contribution >= 4 is 11.7 Å². The first-order valence-corrected chi connectivity index (χ1v) is 10.3. The number of hydrogen-bond acceptors (Lipinski definition) is 5. The van der Waals surface area contributed by atoms with Gasteiger partial charge in [0.2, 0.25) is 5.91 Å². The van der Waals surface area contributed by atoms with E-state index >= 15 is 0 Å². The smallest absolute Gasteiger partial charge is 0.417 e. The largest absolute Gasteiger partial charge is 0.492 e. The molecule has 1 aliphatic heterocycles. The second-order valence-electron chi connectivity index (χ2n) is 7.53. The van der Waals surface area contributed by atoms with Crippen molar-refractivity contribution in [1.82, 2.24) is 15.2 Å². The monoisotopic (exact) mass is 436 g/mol. The van der Waals surface area contributed by atoms with Crippen molar-refractivity contribution in [2.24, 2.45) is 0 Å². The Bertz CT molecular complexity index is 859. The Balaban J connectivity index is 1.39. The van der Waals surface area contributed by atoms with Gasteiger partial charge in [-0.1, -0.05) is 12.1 Å². The minimum atomic E-state index is -4.39. The van der Waals surface area contributed by atoms with Gasteiger partial charge < -0.3 is 15.0 Å². The molecule has 0 radical (unpaired) electrons. The number of nitrogens with zero attached hydrogens (tertiary/aromatic N) is 3. The van der Waals surface area contributed by atoms with Gasteiger partial charge in [0.1, 0.15) is 18.2 Å². The zero-order valence-electron chi connectivity index (χ0n) is 17.5. The van der Waals surface area contributed by atoms with Crippen molar-refractivity contribution in [3.63, 3.8) is 0 Å². The van der Waals surface area contributed by atoms with E-state index in [9.17, 15) is 18.0 Å². The van der Waals surface area contributed by atoms with Gasteiger partial charge in [0, 0.05) is 32.4 Å². The first-order chi connectivity index (χ1) is 14.8. The summed E-state index contributed by atoms with van der Waals surface area (Å²) in [6.45, 7) is 5.73. The maximum absolute atomic E-state index is 12.7. The van der Waals surface area contributed by atoms with Gasteiger partial charge in [-0.3, -0.25) is 9.69 Å². The first-order valence-electron chi connectivity index (χ1n) is 10.3. The lowest BCUT2D eigenvalue weighted by Gasteiger charge is -2.22. The van der Waals surface area contributed by atoms with Gasteiger partial charge in [-0.05, 0) is 43.2 Å². The molecule has 0 saturated carbocycles. The second kappa shape index (κ2) is 10.5. The third kappa shape index (κ3) is 7.13. The van der Waals surface area contributed by atoms with E-state index in [4.69, 9.17) is 4.74 Å². The van der Waals surface area contributed by atoms with Gasteiger partial charge in [-0.2, -0.15) is 13.2 Å². The molecule has 1 aliphatic rings. The van der Waals surface area contributed by atoms with Crippen molar-refractivity contribution in [3.8, 4) is 5.75 Å². The molecular weight excluding hydrogens is 409 g/mol. The summed E-state index contributed by atoms with van der Waals surface area (Å²) in [5, 5.41) is 2.86. The SMILES string of the molecule is Cc1cccc(OCCNC(=O)CN2CCCN(c3ccc(C(F)(F)F)cn3)CC2)c1. The fourth-order valence-corrected chi connectivity index (χ4v) is 3.42. The van der Waals surface area contributed by atoms with Crippen LogP contribution in [0.25, 0.3) is 0 Å². The molecule has 3 rings (SSSR count). The number of ether oxygens (including phenoxy) is 1. The van der Waals surface area contributed by atoms with Crippen molar-refractivity contribution in [2.75, 3.05) is 50.8 Å². The number of nitrogens with one attached hydrogen (secondary N) is 1. The van der Waals surface area contributed by atoms with E-state index in [-0.39, 0.29) is 12.5 Å². The number of pyridine rings is 1. The quantitative estimate of drug-likeness (QED) is 0.676. The van der Waals surface area contributed by atoms with Crippen molar-refractivity contribution in [2.45, 2.75) is 19.5 Å². The fraction of sp³-hybridized carbons (Fsp3) is 0.455. The number of carbonyl (C=O) groups excluding carboxylic acids is 1. The van der Waals surface area contributed by atoms with Crippen LogP contribution in [0, 0.1) is 6.92 Å². The molecule has 1 saturated heterocycles. The van der Waals surface area contributed by atoms with Crippen LogP contribution in [0.4, 0.5) is 19.0 Å². The summed E-state index contributed by atoms with van der Waals surface area (Å²) in [4.78, 5) is 20.2. The summed E-state index contributed by atoms with van der Waals surface area (Å²) in [6.07, 6.45) is -2.73. The minimum absolute atomic E-state index is 0.0750. The minimum Gasteiger partial charge on any atom is -0.492 e. The number of aryl methyl sites for hydroxylation is 1. The summed E-state index contributed by atoms with van der Waals surface area (Å²) in [7, 11) is 0. The zero-order chi connectivity index (χ0) is 22.3. The van der Waals surface area contributed by atoms with Crippen molar-refractivity contribution in [1.29, 1.82) is 0 Å². The van der Waals surface area contributed by atoms with E-state index in [1.807, 2.05) is 41.0 Å². The highest BCUT2D eigenvalue weighted by atomic mass is 19.4. The molecule has 1 N–H and O–H groups in total. The normalized spacial score (nSPS) is 15.4. The Labute approximate surface area is 180 Å². The molecule has 0 aliphatic carbocycles. The highest BCUT2D eigenvalue weighted by molar-refractivity contribution is 5.78. The van der Waals surface area contributed by atoms with Gasteiger partial charge in [0.25, 0.3) is 0 Å². The van der Waals surface area contributed by atoms with Gasteiger partial charge in [0.05, 0.1) is 18.7 Å². The Morgan fingerprint density at radius 3 is 2.71 bits per heavy atom. The Kier molecular flexibility index (Phi) is 7.73. The number of carbonyl (C=O) groups is 1. The van der Waals surface area contributed by atoms with E-state index in [1.165, 1.54) is 6.07 Å². The summed E-state index contributed by atoms with van der Waals surface area (Å²) >= 11 is 0. The molecule has 2 heterocycles. The molecule has 0 atom stereocenters. The lowest BCUT2D eigenvalue weighted by molar-refractivity contribution is -0.137. The van der Waals surface area contributed by atoms with Crippen LogP contribution in [0.3, 0.4) is 0 Å². The van der Waals surface area contributed by atoms with Crippen LogP contribution in [0.15, 0.2) is 42.6 Å². The number of anilines is 1. The standard InChI is InChI=1S/C22H27F3N4O2/c1-17-4-2-5-19(14-17)31-13-8-26-21(30)16-28-9-3-10-29(12-11-28)20-7-6-18(15-27-20)22(23,24)25/h2,4-7,14-15H,3,8-13,16H2,1H3,(H,26,30). The average Bonchev–Trinajstić information content (AvgIpc) is 2.96. The van der Waals surface area contributed by atoms with E-state index < -0.39 is 11.7 Å². The maximum Gasteiger partial charge on any atom is 0.417 e. The third-order valence-corrected chi connectivity index (χ3v) is 5.04. The fourth-order valence-electron chi connectivity index (χ4n) is 3.42. The molecule has 6 nitrogen and oxygen atoms in total. The Morgan fingerprint density at radius 1 is 1.16 bits per heavy atom. The van der Waals surface area contributed by atoms with Gasteiger partial charge >= 0.3 is 6.18 Å². The topological polar surface area (TPSA) is 57.7 Å². The molecule has 31 heavy (non-hydrogen) atoms. The molecule has 0 spiro atoms. The molecule has 9 heteroatoms. The number of rotatable bonds is 7. The molecule has 1 fully saturated rings. The summed E-state index contributed by atoms with van der Waals surface area (Å²) in [6, 6.07) is 10.2. The van der Waals surface area contributed by atoms with Crippen LogP contribution in [-0.4, -0.2) is 61.7 Å². The lowest BCUT2D eigenvalue weighted by atomic mass is 10.2.